The van der Waals surface area contributed by atoms with Crippen LogP contribution in [-0.2, 0) is 5.00 Å². The molecule has 1 nitrogen and oxygen atoms in total. The van der Waals surface area contributed by atoms with Gasteiger partial charge in [0.1, 0.15) is 5.00 Å². The van der Waals surface area contributed by atoms with E-state index in [2.05, 4.69) is 26.0 Å². The van der Waals surface area contributed by atoms with Crippen LogP contribution in [0.4, 0.5) is 0 Å². The minimum atomic E-state index is -0.647. The van der Waals surface area contributed by atoms with Crippen molar-refractivity contribution in [3.63, 3.8) is 0 Å². The number of halogens is 2. The average Bonchev–Trinajstić information content (AvgIpc) is 2.15. The molecule has 0 saturated carbocycles. The molecule has 1 rings (SSSR count). The Labute approximate surface area is 102 Å². The molecule has 84 valence electrons. The first-order valence-electron chi connectivity index (χ1n) is 5.10. The van der Waals surface area contributed by atoms with Gasteiger partial charge < -0.3 is 0 Å². The van der Waals surface area contributed by atoms with E-state index in [0.717, 1.165) is 5.56 Å². The number of nitrogens with zero attached hydrogens (tertiary/aromatic N) is 1. The first kappa shape index (κ1) is 12.8. The molecular formula is C12H17Cl2N. The van der Waals surface area contributed by atoms with Gasteiger partial charge in [0.2, 0.25) is 0 Å². The van der Waals surface area contributed by atoms with Gasteiger partial charge in [-0.05, 0) is 49.2 Å². The Morgan fingerprint density at radius 2 is 1.73 bits per heavy atom. The monoisotopic (exact) mass is 245 g/mol. The molecule has 15 heavy (non-hydrogen) atoms. The van der Waals surface area contributed by atoms with Crippen LogP contribution >= 0.6 is 23.4 Å². The Morgan fingerprint density at radius 1 is 1.27 bits per heavy atom. The fourth-order valence-corrected chi connectivity index (χ4v) is 2.45. The molecule has 0 fully saturated rings. The van der Waals surface area contributed by atoms with Crippen molar-refractivity contribution in [1.29, 1.82) is 0 Å². The Balaban J connectivity index is 3.25. The molecule has 0 aliphatic carbocycles. The number of aryl methyl sites for hydroxylation is 2. The molecule has 0 N–H and O–H groups in total. The first-order valence-corrected chi connectivity index (χ1v) is 5.81. The molecule has 0 aliphatic rings. The molecule has 1 atom stereocenters. The van der Waals surface area contributed by atoms with Crippen LogP contribution in [0.3, 0.4) is 0 Å². The third kappa shape index (κ3) is 2.47. The molecule has 0 heterocycles. The maximum absolute atomic E-state index is 6.52. The summed E-state index contributed by atoms with van der Waals surface area (Å²) in [6, 6.07) is 6.15. The molecule has 0 radical (unpaired) electrons. The van der Waals surface area contributed by atoms with Crippen molar-refractivity contribution >= 4 is 23.4 Å². The van der Waals surface area contributed by atoms with E-state index in [0.29, 0.717) is 6.54 Å². The Bertz CT molecular complexity index is 327. The summed E-state index contributed by atoms with van der Waals surface area (Å²) in [4.78, 5) is -0.647. The van der Waals surface area contributed by atoms with Gasteiger partial charge in [-0.1, -0.05) is 36.7 Å². The van der Waals surface area contributed by atoms with Gasteiger partial charge in [-0.3, -0.25) is 0 Å². The highest BCUT2D eigenvalue weighted by molar-refractivity contribution is 6.27. The van der Waals surface area contributed by atoms with E-state index in [9.17, 15) is 0 Å². The molecule has 0 saturated heterocycles. The molecule has 0 amide bonds. The Morgan fingerprint density at radius 3 is 2.13 bits per heavy atom. The highest BCUT2D eigenvalue weighted by Gasteiger charge is 2.32. The smallest absolute Gasteiger partial charge is 0.132 e. The van der Waals surface area contributed by atoms with Crippen LogP contribution < -0.4 is 0 Å². The molecule has 1 aromatic rings. The largest absolute Gasteiger partial charge is 0.196 e. The molecule has 0 aliphatic heterocycles. The summed E-state index contributed by atoms with van der Waals surface area (Å²) in [5.41, 5.74) is 3.45. The van der Waals surface area contributed by atoms with E-state index in [1.54, 1.807) is 4.42 Å². The van der Waals surface area contributed by atoms with Crippen molar-refractivity contribution in [3.8, 4) is 0 Å². The van der Waals surface area contributed by atoms with Gasteiger partial charge >= 0.3 is 0 Å². The van der Waals surface area contributed by atoms with Crippen molar-refractivity contribution < 1.29 is 0 Å². The zero-order valence-corrected chi connectivity index (χ0v) is 11.2. The van der Waals surface area contributed by atoms with E-state index >= 15 is 0 Å². The van der Waals surface area contributed by atoms with Crippen molar-refractivity contribution in [2.45, 2.75) is 32.7 Å². The lowest BCUT2D eigenvalue weighted by Gasteiger charge is -2.32. The molecule has 1 unspecified atom stereocenters. The summed E-state index contributed by atoms with van der Waals surface area (Å²) in [6.07, 6.45) is 0. The van der Waals surface area contributed by atoms with Gasteiger partial charge in [-0.25, -0.2) is 0 Å². The van der Waals surface area contributed by atoms with Crippen molar-refractivity contribution in [1.82, 2.24) is 4.42 Å². The molecule has 0 bridgehead atoms. The molecule has 3 heteroatoms. The summed E-state index contributed by atoms with van der Waals surface area (Å²) in [7, 11) is 0. The normalized spacial score (nSPS) is 15.4. The number of alkyl halides is 1. The highest BCUT2D eigenvalue weighted by atomic mass is 35.5. The Hall–Kier alpha value is -0.240. The number of hydrogen-bond donors (Lipinski definition) is 0. The van der Waals surface area contributed by atoms with Crippen LogP contribution in [0.1, 0.15) is 30.5 Å². The second-order valence-corrected chi connectivity index (χ2v) is 5.04. The van der Waals surface area contributed by atoms with Crippen LogP contribution in [0, 0.1) is 13.8 Å². The van der Waals surface area contributed by atoms with Crippen LogP contribution in [0.15, 0.2) is 18.2 Å². The molecule has 0 spiro atoms. The zero-order chi connectivity index (χ0) is 11.6. The third-order valence-electron chi connectivity index (χ3n) is 2.67. The lowest BCUT2D eigenvalue weighted by Crippen LogP contribution is -2.33. The fraction of sp³-hybridized carbons (Fsp3) is 0.500. The quantitative estimate of drug-likeness (QED) is 0.439. The maximum Gasteiger partial charge on any atom is 0.132 e. The lowest BCUT2D eigenvalue weighted by molar-refractivity contribution is 0.332. The summed E-state index contributed by atoms with van der Waals surface area (Å²) >= 11 is 12.7. The van der Waals surface area contributed by atoms with E-state index < -0.39 is 5.00 Å². The van der Waals surface area contributed by atoms with E-state index in [1.807, 2.05) is 19.9 Å². The predicted octanol–water partition coefficient (Wildman–Crippen LogP) is 4.19. The van der Waals surface area contributed by atoms with Crippen LogP contribution in [0.5, 0.6) is 0 Å². The van der Waals surface area contributed by atoms with E-state index in [1.165, 1.54) is 11.1 Å². The minimum Gasteiger partial charge on any atom is -0.196 e. The summed E-state index contributed by atoms with van der Waals surface area (Å²) in [6.45, 7) is 8.74. The average molecular weight is 246 g/mol. The van der Waals surface area contributed by atoms with Gasteiger partial charge in [0.25, 0.3) is 0 Å². The topological polar surface area (TPSA) is 3.24 Å². The third-order valence-corrected chi connectivity index (χ3v) is 3.73. The van der Waals surface area contributed by atoms with Gasteiger partial charge in [0.05, 0.1) is 0 Å². The predicted molar refractivity (Wildman–Crippen MR) is 67.4 cm³/mol. The zero-order valence-electron chi connectivity index (χ0n) is 9.64. The number of hydrogen-bond acceptors (Lipinski definition) is 1. The Kier molecular flexibility index (Phi) is 4.05. The van der Waals surface area contributed by atoms with Gasteiger partial charge in [0, 0.05) is 6.54 Å². The summed E-state index contributed by atoms with van der Waals surface area (Å²) in [5, 5.41) is 0. The maximum atomic E-state index is 6.52. The molecule has 1 aromatic carbocycles. The SMILES string of the molecule is CCN(Cl)C(C)(Cl)c1c(C)cccc1C. The van der Waals surface area contributed by atoms with Crippen LogP contribution in [-0.4, -0.2) is 11.0 Å². The van der Waals surface area contributed by atoms with Crippen LogP contribution in [0.25, 0.3) is 0 Å². The van der Waals surface area contributed by atoms with Crippen LogP contribution in [0.2, 0.25) is 0 Å². The standard InChI is InChI=1S/C12H17Cl2N/c1-5-15(14)12(4,13)11-9(2)7-6-8-10(11)3/h6-8H,5H2,1-4H3. The minimum absolute atomic E-state index is 0.647. The first-order chi connectivity index (χ1) is 6.91. The number of rotatable bonds is 3. The van der Waals surface area contributed by atoms with Gasteiger partial charge in [0.15, 0.2) is 0 Å². The summed E-state index contributed by atoms with van der Waals surface area (Å²) in [5.74, 6) is 0. The second-order valence-electron chi connectivity index (χ2n) is 3.90. The summed E-state index contributed by atoms with van der Waals surface area (Å²) < 4.78 is 1.63. The van der Waals surface area contributed by atoms with Crippen molar-refractivity contribution in [2.75, 3.05) is 6.54 Å². The fourth-order valence-electron chi connectivity index (χ4n) is 1.95. The molecular weight excluding hydrogens is 229 g/mol. The van der Waals surface area contributed by atoms with Gasteiger partial charge in [-0.2, -0.15) is 4.42 Å². The van der Waals surface area contributed by atoms with Gasteiger partial charge in [-0.15, -0.1) is 0 Å². The van der Waals surface area contributed by atoms with Crippen molar-refractivity contribution in [3.05, 3.63) is 34.9 Å². The highest BCUT2D eigenvalue weighted by Crippen LogP contribution is 2.37. The lowest BCUT2D eigenvalue weighted by atomic mass is 9.96. The van der Waals surface area contributed by atoms with E-state index in [4.69, 9.17) is 23.4 Å². The molecule has 0 aromatic heterocycles. The second kappa shape index (κ2) is 4.73. The van der Waals surface area contributed by atoms with Crippen molar-refractivity contribution in [2.24, 2.45) is 0 Å². The number of benzene rings is 1. The van der Waals surface area contributed by atoms with E-state index in [-0.39, 0.29) is 0 Å².